The van der Waals surface area contributed by atoms with Gasteiger partial charge in [-0.1, -0.05) is 40.3 Å². The van der Waals surface area contributed by atoms with Crippen LogP contribution in [0.15, 0.2) is 47.8 Å². The standard InChI is InChI=1S/C33H36F2N6O3/c1-8-26(43)39-12-13-40(20(7)16-39)31-21-15-23(35)29(27-22(34)10-9-11-25(27)42)37-32(21)41(33(44)38-31)30-19(6)14-24(17(2)3)36-28(30)18(4)5/h8-11,14-15,17-18,20,42H,1,12-13,16H2,2-7H3/t20-/m0/s1. The Morgan fingerprint density at radius 1 is 1.07 bits per heavy atom. The number of fused-ring (bicyclic) bond motifs is 1. The second-order valence-corrected chi connectivity index (χ2v) is 11.8. The molecule has 1 N–H and O–H groups in total. The highest BCUT2D eigenvalue weighted by Gasteiger charge is 2.31. The minimum atomic E-state index is -0.895. The number of phenols is 1. The van der Waals surface area contributed by atoms with Crippen molar-refractivity contribution in [3.8, 4) is 22.7 Å². The van der Waals surface area contributed by atoms with Crippen LogP contribution in [0.25, 0.3) is 28.0 Å². The van der Waals surface area contributed by atoms with E-state index in [1.165, 1.54) is 28.8 Å². The van der Waals surface area contributed by atoms with Crippen LogP contribution in [0.2, 0.25) is 0 Å². The van der Waals surface area contributed by atoms with Gasteiger partial charge in [-0.3, -0.25) is 9.78 Å². The summed E-state index contributed by atoms with van der Waals surface area (Å²) >= 11 is 0. The van der Waals surface area contributed by atoms with Gasteiger partial charge in [-0.05, 0) is 61.6 Å². The van der Waals surface area contributed by atoms with E-state index in [4.69, 9.17) is 4.98 Å². The van der Waals surface area contributed by atoms with Gasteiger partial charge in [0, 0.05) is 31.4 Å². The van der Waals surface area contributed by atoms with Gasteiger partial charge in [0.2, 0.25) is 5.91 Å². The number of halogens is 2. The fourth-order valence-electron chi connectivity index (χ4n) is 5.76. The molecule has 1 aromatic carbocycles. The number of aryl methyl sites for hydroxylation is 1. The molecule has 11 heteroatoms. The molecule has 1 fully saturated rings. The summed E-state index contributed by atoms with van der Waals surface area (Å²) in [5.74, 6) is -2.23. The Bertz CT molecular complexity index is 1830. The summed E-state index contributed by atoms with van der Waals surface area (Å²) in [5, 5.41) is 10.7. The topological polar surface area (TPSA) is 104 Å². The number of carbonyl (C=O) groups excluding carboxylic acids is 1. The molecule has 3 aromatic heterocycles. The van der Waals surface area contributed by atoms with Crippen molar-refractivity contribution in [3.05, 3.63) is 82.1 Å². The predicted octanol–water partition coefficient (Wildman–Crippen LogP) is 5.60. The van der Waals surface area contributed by atoms with Crippen LogP contribution in [0.3, 0.4) is 0 Å². The van der Waals surface area contributed by atoms with Crippen LogP contribution in [0.1, 0.15) is 63.4 Å². The van der Waals surface area contributed by atoms with Crippen molar-refractivity contribution in [1.29, 1.82) is 0 Å². The van der Waals surface area contributed by atoms with Gasteiger partial charge in [-0.15, -0.1) is 0 Å². The molecule has 0 saturated carbocycles. The molecule has 1 aliphatic rings. The number of piperazine rings is 1. The number of anilines is 1. The minimum absolute atomic E-state index is 0.0416. The molecule has 0 unspecified atom stereocenters. The van der Waals surface area contributed by atoms with Crippen LogP contribution < -0.4 is 10.6 Å². The third-order valence-electron chi connectivity index (χ3n) is 8.01. The van der Waals surface area contributed by atoms with Crippen molar-refractivity contribution < 1.29 is 18.7 Å². The number of benzene rings is 1. The fraction of sp³-hybridized carbons (Fsp3) is 0.364. The smallest absolute Gasteiger partial charge is 0.355 e. The van der Waals surface area contributed by atoms with Gasteiger partial charge in [0.05, 0.1) is 22.3 Å². The Kier molecular flexibility index (Phi) is 8.24. The van der Waals surface area contributed by atoms with E-state index >= 15 is 8.78 Å². The van der Waals surface area contributed by atoms with Crippen LogP contribution in [0.4, 0.5) is 14.6 Å². The van der Waals surface area contributed by atoms with Crippen molar-refractivity contribution in [2.45, 2.75) is 59.4 Å². The Balaban J connectivity index is 1.85. The van der Waals surface area contributed by atoms with Crippen LogP contribution in [0.5, 0.6) is 5.75 Å². The fourth-order valence-corrected chi connectivity index (χ4v) is 5.76. The third kappa shape index (κ3) is 5.31. The lowest BCUT2D eigenvalue weighted by Gasteiger charge is -2.40. The van der Waals surface area contributed by atoms with E-state index in [9.17, 15) is 14.7 Å². The number of carbonyl (C=O) groups is 1. The number of aromatic hydroxyl groups is 1. The first-order valence-corrected chi connectivity index (χ1v) is 14.6. The number of aromatic nitrogens is 4. The van der Waals surface area contributed by atoms with Gasteiger partial charge in [-0.2, -0.15) is 4.98 Å². The molecule has 44 heavy (non-hydrogen) atoms. The summed E-state index contributed by atoms with van der Waals surface area (Å²) in [4.78, 5) is 43.8. The zero-order valence-electron chi connectivity index (χ0n) is 25.7. The normalized spacial score (nSPS) is 15.5. The molecular weight excluding hydrogens is 566 g/mol. The van der Waals surface area contributed by atoms with Crippen LogP contribution in [0, 0.1) is 18.6 Å². The lowest BCUT2D eigenvalue weighted by molar-refractivity contribution is -0.126. The summed E-state index contributed by atoms with van der Waals surface area (Å²) in [6, 6.07) is 6.46. The Morgan fingerprint density at radius 3 is 2.41 bits per heavy atom. The number of hydrogen-bond donors (Lipinski definition) is 1. The Hall–Kier alpha value is -4.67. The summed E-state index contributed by atoms with van der Waals surface area (Å²) in [7, 11) is 0. The maximum atomic E-state index is 15.9. The number of nitrogens with zero attached hydrogens (tertiary/aromatic N) is 6. The molecule has 1 aliphatic heterocycles. The summed E-state index contributed by atoms with van der Waals surface area (Å²) in [6.07, 6.45) is 1.25. The number of rotatable bonds is 6. The first kappa shape index (κ1) is 30.8. The van der Waals surface area contributed by atoms with E-state index in [-0.39, 0.29) is 40.6 Å². The van der Waals surface area contributed by atoms with E-state index in [1.807, 2.05) is 52.5 Å². The molecule has 4 heterocycles. The highest BCUT2D eigenvalue weighted by Crippen LogP contribution is 2.37. The highest BCUT2D eigenvalue weighted by atomic mass is 19.1. The number of amides is 1. The van der Waals surface area contributed by atoms with Gasteiger partial charge >= 0.3 is 5.69 Å². The molecule has 0 aliphatic carbocycles. The van der Waals surface area contributed by atoms with Gasteiger partial charge in [-0.25, -0.2) is 23.1 Å². The third-order valence-corrected chi connectivity index (χ3v) is 8.01. The molecule has 230 valence electrons. The van der Waals surface area contributed by atoms with E-state index in [2.05, 4.69) is 16.5 Å². The monoisotopic (exact) mass is 602 g/mol. The molecule has 0 radical (unpaired) electrons. The molecule has 1 saturated heterocycles. The molecule has 1 amide bonds. The molecule has 0 bridgehead atoms. The maximum Gasteiger partial charge on any atom is 0.355 e. The minimum Gasteiger partial charge on any atom is -0.507 e. The van der Waals surface area contributed by atoms with Crippen molar-refractivity contribution >= 4 is 22.8 Å². The lowest BCUT2D eigenvalue weighted by atomic mass is 10.00. The average Bonchev–Trinajstić information content (AvgIpc) is 2.96. The molecule has 4 aromatic rings. The Morgan fingerprint density at radius 2 is 1.80 bits per heavy atom. The molecule has 0 spiro atoms. The number of phenolic OH excluding ortho intramolecular Hbond substituents is 1. The van der Waals surface area contributed by atoms with Gasteiger partial charge in [0.15, 0.2) is 11.5 Å². The average molecular weight is 603 g/mol. The second kappa shape index (κ2) is 11.8. The van der Waals surface area contributed by atoms with E-state index in [1.54, 1.807) is 4.90 Å². The maximum absolute atomic E-state index is 15.9. The summed E-state index contributed by atoms with van der Waals surface area (Å²) in [5.41, 5.74) is 1.22. The second-order valence-electron chi connectivity index (χ2n) is 11.8. The first-order valence-electron chi connectivity index (χ1n) is 14.6. The molecule has 1 atom stereocenters. The molecule has 9 nitrogen and oxygen atoms in total. The van der Waals surface area contributed by atoms with Gasteiger partial charge in [0.25, 0.3) is 0 Å². The van der Waals surface area contributed by atoms with Crippen molar-refractivity contribution in [2.24, 2.45) is 0 Å². The van der Waals surface area contributed by atoms with E-state index < -0.39 is 34.3 Å². The van der Waals surface area contributed by atoms with Crippen LogP contribution >= 0.6 is 0 Å². The van der Waals surface area contributed by atoms with E-state index in [0.29, 0.717) is 31.0 Å². The Labute approximate surface area is 254 Å². The van der Waals surface area contributed by atoms with Gasteiger partial charge < -0.3 is 14.9 Å². The van der Waals surface area contributed by atoms with Crippen LogP contribution in [-0.4, -0.2) is 61.1 Å². The lowest BCUT2D eigenvalue weighted by Crippen LogP contribution is -2.54. The summed E-state index contributed by atoms with van der Waals surface area (Å²) < 4.78 is 32.3. The van der Waals surface area contributed by atoms with Crippen LogP contribution in [-0.2, 0) is 4.79 Å². The highest BCUT2D eigenvalue weighted by molar-refractivity contribution is 5.91. The first-order chi connectivity index (χ1) is 20.8. The zero-order valence-corrected chi connectivity index (χ0v) is 25.7. The SMILES string of the molecule is C=CC(=O)N1CCN(c2nc(=O)n(-c3c(C)cc(C(C)C)nc3C(C)C)c3nc(-c4c(O)cccc4F)c(F)cc23)[C@@H](C)C1. The quantitative estimate of drug-likeness (QED) is 0.286. The molecular formula is C33H36F2N6O3. The van der Waals surface area contributed by atoms with Crippen molar-refractivity contribution in [3.63, 3.8) is 0 Å². The predicted molar refractivity (Wildman–Crippen MR) is 166 cm³/mol. The zero-order chi connectivity index (χ0) is 32.0. The number of pyridine rings is 2. The van der Waals surface area contributed by atoms with E-state index in [0.717, 1.165) is 17.3 Å². The largest absolute Gasteiger partial charge is 0.507 e. The number of hydrogen-bond acceptors (Lipinski definition) is 7. The summed E-state index contributed by atoms with van der Waals surface area (Å²) in [6.45, 7) is 16.3. The molecule has 5 rings (SSSR count). The van der Waals surface area contributed by atoms with Crippen molar-refractivity contribution in [2.75, 3.05) is 24.5 Å². The van der Waals surface area contributed by atoms with Gasteiger partial charge in [0.1, 0.15) is 23.1 Å². The van der Waals surface area contributed by atoms with Crippen molar-refractivity contribution in [1.82, 2.24) is 24.4 Å².